The number of hydrogen-bond acceptors (Lipinski definition) is 3. The molecule has 0 atom stereocenters. The molecule has 1 heterocycles. The summed E-state index contributed by atoms with van der Waals surface area (Å²) < 4.78 is 7.20. The molecular weight excluding hydrogens is 362 g/mol. The van der Waals surface area contributed by atoms with E-state index in [-0.39, 0.29) is 5.57 Å². The first kappa shape index (κ1) is 20.0. The van der Waals surface area contributed by atoms with Crippen molar-refractivity contribution in [3.8, 4) is 17.5 Å². The number of ether oxygens (including phenoxy) is 1. The Bertz CT molecular complexity index is 1120. The van der Waals surface area contributed by atoms with Gasteiger partial charge in [-0.05, 0) is 74.9 Å². The molecule has 0 saturated heterocycles. The molecule has 0 aliphatic carbocycles. The molecule has 1 N–H and O–H groups in total. The molecule has 1 aromatic heterocycles. The predicted molar refractivity (Wildman–Crippen MR) is 115 cm³/mol. The molecular formula is C24H23N3O2. The van der Waals surface area contributed by atoms with Crippen molar-refractivity contribution in [3.05, 3.63) is 82.7 Å². The van der Waals surface area contributed by atoms with Crippen molar-refractivity contribution in [3.63, 3.8) is 0 Å². The van der Waals surface area contributed by atoms with Crippen molar-refractivity contribution in [1.82, 2.24) is 4.57 Å². The summed E-state index contributed by atoms with van der Waals surface area (Å²) >= 11 is 0. The number of nitrogens with one attached hydrogen (secondary N) is 1. The number of aryl methyl sites for hydroxylation is 3. The van der Waals surface area contributed by atoms with Crippen LogP contribution >= 0.6 is 0 Å². The van der Waals surface area contributed by atoms with Gasteiger partial charge < -0.3 is 14.6 Å². The summed E-state index contributed by atoms with van der Waals surface area (Å²) in [5, 5.41) is 12.4. The first-order valence-corrected chi connectivity index (χ1v) is 9.26. The van der Waals surface area contributed by atoms with Crippen molar-refractivity contribution >= 4 is 17.7 Å². The van der Waals surface area contributed by atoms with Gasteiger partial charge in [0.25, 0.3) is 5.91 Å². The molecule has 29 heavy (non-hydrogen) atoms. The Hall–Kier alpha value is -3.78. The van der Waals surface area contributed by atoms with Gasteiger partial charge in [0.15, 0.2) is 0 Å². The van der Waals surface area contributed by atoms with Crippen LogP contribution in [0, 0.1) is 32.1 Å². The lowest BCUT2D eigenvalue weighted by atomic mass is 10.1. The minimum Gasteiger partial charge on any atom is -0.497 e. The Balaban J connectivity index is 1.93. The molecule has 3 aromatic rings. The van der Waals surface area contributed by atoms with Crippen LogP contribution in [0.1, 0.15) is 22.5 Å². The van der Waals surface area contributed by atoms with E-state index in [1.807, 2.05) is 86.0 Å². The van der Waals surface area contributed by atoms with Crippen LogP contribution in [-0.4, -0.2) is 17.6 Å². The summed E-state index contributed by atoms with van der Waals surface area (Å²) in [6.45, 7) is 5.90. The van der Waals surface area contributed by atoms with E-state index in [1.54, 1.807) is 13.2 Å². The SMILES string of the molecule is COc1ccc(-n2c(C)ccc2/C=C(/C#N)C(=O)Nc2ccc(C)cc2C)cc1. The van der Waals surface area contributed by atoms with E-state index in [0.29, 0.717) is 5.69 Å². The lowest BCUT2D eigenvalue weighted by Gasteiger charge is -2.11. The molecule has 1 amide bonds. The highest BCUT2D eigenvalue weighted by atomic mass is 16.5. The minimum atomic E-state index is -0.431. The van der Waals surface area contributed by atoms with E-state index in [1.165, 1.54) is 0 Å². The van der Waals surface area contributed by atoms with Crippen LogP contribution in [0.15, 0.2) is 60.2 Å². The summed E-state index contributed by atoms with van der Waals surface area (Å²) in [7, 11) is 1.62. The molecule has 0 aliphatic heterocycles. The Labute approximate surface area is 170 Å². The second-order valence-electron chi connectivity index (χ2n) is 6.88. The van der Waals surface area contributed by atoms with Crippen molar-refractivity contribution < 1.29 is 9.53 Å². The summed E-state index contributed by atoms with van der Waals surface area (Å²) in [4.78, 5) is 12.7. The zero-order chi connectivity index (χ0) is 21.0. The van der Waals surface area contributed by atoms with Gasteiger partial charge in [0.2, 0.25) is 0 Å². The van der Waals surface area contributed by atoms with Gasteiger partial charge in [-0.3, -0.25) is 4.79 Å². The summed E-state index contributed by atoms with van der Waals surface area (Å²) in [6, 6.07) is 19.3. The number of methoxy groups -OCH3 is 1. The largest absolute Gasteiger partial charge is 0.497 e. The highest BCUT2D eigenvalue weighted by molar-refractivity contribution is 6.09. The van der Waals surface area contributed by atoms with Crippen molar-refractivity contribution in [1.29, 1.82) is 5.26 Å². The van der Waals surface area contributed by atoms with Crippen molar-refractivity contribution in [2.75, 3.05) is 12.4 Å². The maximum Gasteiger partial charge on any atom is 0.266 e. The number of nitrogens with zero attached hydrogens (tertiary/aromatic N) is 2. The van der Waals surface area contributed by atoms with E-state index in [9.17, 15) is 10.1 Å². The molecule has 0 fully saturated rings. The summed E-state index contributed by atoms with van der Waals surface area (Å²) in [5.74, 6) is 0.334. The number of benzene rings is 2. The van der Waals surface area contributed by atoms with Gasteiger partial charge in [0.05, 0.1) is 7.11 Å². The van der Waals surface area contributed by atoms with Crippen LogP contribution < -0.4 is 10.1 Å². The van der Waals surface area contributed by atoms with Crippen molar-refractivity contribution in [2.45, 2.75) is 20.8 Å². The maximum atomic E-state index is 12.7. The molecule has 3 rings (SSSR count). The third-order valence-electron chi connectivity index (χ3n) is 4.72. The lowest BCUT2D eigenvalue weighted by Crippen LogP contribution is -2.14. The van der Waals surface area contributed by atoms with Gasteiger partial charge in [-0.1, -0.05) is 17.7 Å². The minimum absolute atomic E-state index is 0.0397. The smallest absolute Gasteiger partial charge is 0.266 e. The fourth-order valence-corrected chi connectivity index (χ4v) is 3.20. The Morgan fingerprint density at radius 2 is 1.79 bits per heavy atom. The van der Waals surface area contributed by atoms with E-state index < -0.39 is 5.91 Å². The molecule has 0 bridgehead atoms. The molecule has 0 saturated carbocycles. The van der Waals surface area contributed by atoms with Crippen molar-refractivity contribution in [2.24, 2.45) is 0 Å². The van der Waals surface area contributed by atoms with E-state index in [0.717, 1.165) is 34.0 Å². The fourth-order valence-electron chi connectivity index (χ4n) is 3.20. The number of amides is 1. The molecule has 2 aromatic carbocycles. The number of carbonyl (C=O) groups excluding carboxylic acids is 1. The number of nitriles is 1. The molecule has 0 unspecified atom stereocenters. The average molecular weight is 385 g/mol. The van der Waals surface area contributed by atoms with Gasteiger partial charge in [-0.15, -0.1) is 0 Å². The van der Waals surface area contributed by atoms with Gasteiger partial charge in [-0.25, -0.2) is 0 Å². The number of rotatable bonds is 5. The average Bonchev–Trinajstić information content (AvgIpc) is 3.08. The van der Waals surface area contributed by atoms with E-state index in [2.05, 4.69) is 5.32 Å². The number of anilines is 1. The highest BCUT2D eigenvalue weighted by Gasteiger charge is 2.13. The molecule has 5 heteroatoms. The normalized spacial score (nSPS) is 11.1. The van der Waals surface area contributed by atoms with Gasteiger partial charge in [0.1, 0.15) is 17.4 Å². The van der Waals surface area contributed by atoms with Crippen LogP contribution in [0.3, 0.4) is 0 Å². The second-order valence-corrected chi connectivity index (χ2v) is 6.88. The third kappa shape index (κ3) is 4.39. The quantitative estimate of drug-likeness (QED) is 0.499. The zero-order valence-corrected chi connectivity index (χ0v) is 17.0. The Kier molecular flexibility index (Phi) is 5.85. The number of carbonyl (C=O) groups is 1. The van der Waals surface area contributed by atoms with Crippen LogP contribution in [0.2, 0.25) is 0 Å². The molecule has 0 radical (unpaired) electrons. The topological polar surface area (TPSA) is 67.0 Å². The summed E-state index contributed by atoms with van der Waals surface area (Å²) in [5.41, 5.74) is 5.47. The highest BCUT2D eigenvalue weighted by Crippen LogP contribution is 2.22. The first-order chi connectivity index (χ1) is 13.9. The van der Waals surface area contributed by atoms with Gasteiger partial charge in [0, 0.05) is 22.8 Å². The standard InChI is InChI=1S/C24H23N3O2/c1-16-5-12-23(17(2)13-16)26-24(28)19(15-25)14-21-7-6-18(3)27(21)20-8-10-22(29-4)11-9-20/h5-14H,1-4H3,(H,26,28)/b19-14-. The molecule has 0 aliphatic rings. The predicted octanol–water partition coefficient (Wildman–Crippen LogP) is 4.96. The van der Waals surface area contributed by atoms with Crippen LogP contribution in [0.5, 0.6) is 5.75 Å². The monoisotopic (exact) mass is 385 g/mol. The Morgan fingerprint density at radius 3 is 2.41 bits per heavy atom. The molecule has 146 valence electrons. The van der Waals surface area contributed by atoms with Crippen LogP contribution in [-0.2, 0) is 4.79 Å². The Morgan fingerprint density at radius 1 is 1.07 bits per heavy atom. The van der Waals surface area contributed by atoms with Crippen LogP contribution in [0.25, 0.3) is 11.8 Å². The van der Waals surface area contributed by atoms with Crippen LogP contribution in [0.4, 0.5) is 5.69 Å². The number of hydrogen-bond donors (Lipinski definition) is 1. The first-order valence-electron chi connectivity index (χ1n) is 9.26. The summed E-state index contributed by atoms with van der Waals surface area (Å²) in [6.07, 6.45) is 1.61. The molecule has 5 nitrogen and oxygen atoms in total. The van der Waals surface area contributed by atoms with Gasteiger partial charge >= 0.3 is 0 Å². The maximum absolute atomic E-state index is 12.7. The fraction of sp³-hybridized carbons (Fsp3) is 0.167. The zero-order valence-electron chi connectivity index (χ0n) is 17.0. The third-order valence-corrected chi connectivity index (χ3v) is 4.72. The van der Waals surface area contributed by atoms with Gasteiger partial charge in [-0.2, -0.15) is 5.26 Å². The molecule has 0 spiro atoms. The van der Waals surface area contributed by atoms with E-state index >= 15 is 0 Å². The lowest BCUT2D eigenvalue weighted by molar-refractivity contribution is -0.112. The number of aromatic nitrogens is 1. The van der Waals surface area contributed by atoms with E-state index in [4.69, 9.17) is 4.74 Å². The second kappa shape index (κ2) is 8.49.